The zero-order valence-electron chi connectivity index (χ0n) is 11.8. The summed E-state index contributed by atoms with van der Waals surface area (Å²) in [7, 11) is -3.68. The second-order valence-corrected chi connectivity index (χ2v) is 6.34. The lowest BCUT2D eigenvalue weighted by Gasteiger charge is -2.06. The van der Waals surface area contributed by atoms with Gasteiger partial charge in [0.15, 0.2) is 0 Å². The van der Waals surface area contributed by atoms with Crippen molar-refractivity contribution in [2.45, 2.75) is 50.3 Å². The monoisotopic (exact) mass is 298 g/mol. The normalized spacial score (nSPS) is 11.3. The maximum Gasteiger partial charge on any atom is 0.238 e. The van der Waals surface area contributed by atoms with Crippen LogP contribution in [0.2, 0.25) is 0 Å². The summed E-state index contributed by atoms with van der Waals surface area (Å²) in [6, 6.07) is 5.84. The first-order chi connectivity index (χ1) is 9.43. The van der Waals surface area contributed by atoms with E-state index in [4.69, 9.17) is 5.14 Å². The Labute approximate surface area is 120 Å². The molecule has 0 unspecified atom stereocenters. The number of carbonyl (C=O) groups excluding carboxylic acids is 1. The van der Waals surface area contributed by atoms with Crippen molar-refractivity contribution in [2.75, 3.05) is 5.32 Å². The highest BCUT2D eigenvalue weighted by Gasteiger charge is 2.07. The fraction of sp³-hybridized carbons (Fsp3) is 0.500. The van der Waals surface area contributed by atoms with Gasteiger partial charge in [-0.3, -0.25) is 4.79 Å². The van der Waals surface area contributed by atoms with Crippen LogP contribution in [0.1, 0.15) is 45.4 Å². The van der Waals surface area contributed by atoms with E-state index in [2.05, 4.69) is 12.2 Å². The van der Waals surface area contributed by atoms with Gasteiger partial charge in [0.2, 0.25) is 15.9 Å². The molecule has 20 heavy (non-hydrogen) atoms. The maximum atomic E-state index is 11.7. The zero-order valence-corrected chi connectivity index (χ0v) is 12.6. The molecule has 3 N–H and O–H groups in total. The molecule has 0 saturated heterocycles. The van der Waals surface area contributed by atoms with E-state index in [1.54, 1.807) is 0 Å². The molecule has 0 fully saturated rings. The Bertz CT molecular complexity index is 524. The SMILES string of the molecule is CCCCCCCC(=O)Nc1ccc(S(N)(=O)=O)cc1. The molecule has 0 aliphatic heterocycles. The van der Waals surface area contributed by atoms with Crippen LogP contribution >= 0.6 is 0 Å². The second-order valence-electron chi connectivity index (χ2n) is 4.78. The van der Waals surface area contributed by atoms with Crippen molar-refractivity contribution in [1.29, 1.82) is 0 Å². The molecule has 0 aliphatic rings. The summed E-state index contributed by atoms with van der Waals surface area (Å²) in [5, 5.41) is 7.74. The third-order valence-electron chi connectivity index (χ3n) is 2.97. The Morgan fingerprint density at radius 3 is 2.25 bits per heavy atom. The van der Waals surface area contributed by atoms with Gasteiger partial charge in [-0.05, 0) is 30.7 Å². The third kappa shape index (κ3) is 6.16. The standard InChI is InChI=1S/C14H22N2O3S/c1-2-3-4-5-6-7-14(17)16-12-8-10-13(11-9-12)20(15,18)19/h8-11H,2-7H2,1H3,(H,16,17)(H2,15,18,19). The van der Waals surface area contributed by atoms with E-state index in [-0.39, 0.29) is 10.8 Å². The van der Waals surface area contributed by atoms with E-state index in [0.29, 0.717) is 12.1 Å². The van der Waals surface area contributed by atoms with Gasteiger partial charge >= 0.3 is 0 Å². The van der Waals surface area contributed by atoms with Crippen LogP contribution in [0.5, 0.6) is 0 Å². The Balaban J connectivity index is 2.39. The molecule has 0 bridgehead atoms. The van der Waals surface area contributed by atoms with E-state index in [1.165, 1.54) is 37.1 Å². The van der Waals surface area contributed by atoms with E-state index in [9.17, 15) is 13.2 Å². The summed E-state index contributed by atoms with van der Waals surface area (Å²) in [4.78, 5) is 11.7. The molecule has 0 atom stereocenters. The number of amides is 1. The number of rotatable bonds is 8. The average molecular weight is 298 g/mol. The second kappa shape index (κ2) is 8.01. The minimum absolute atomic E-state index is 0.0371. The number of unbranched alkanes of at least 4 members (excludes halogenated alkanes) is 4. The molecule has 5 nitrogen and oxygen atoms in total. The third-order valence-corrected chi connectivity index (χ3v) is 3.90. The lowest BCUT2D eigenvalue weighted by molar-refractivity contribution is -0.116. The van der Waals surface area contributed by atoms with Gasteiger partial charge in [-0.2, -0.15) is 0 Å². The number of benzene rings is 1. The van der Waals surface area contributed by atoms with Gasteiger partial charge in [-0.15, -0.1) is 0 Å². The van der Waals surface area contributed by atoms with Crippen LogP contribution < -0.4 is 10.5 Å². The van der Waals surface area contributed by atoms with Gasteiger partial charge in [0.05, 0.1) is 4.90 Å². The minimum atomic E-state index is -3.68. The van der Waals surface area contributed by atoms with Crippen molar-refractivity contribution in [3.63, 3.8) is 0 Å². The zero-order chi connectivity index (χ0) is 15.0. The van der Waals surface area contributed by atoms with E-state index in [1.807, 2.05) is 0 Å². The fourth-order valence-corrected chi connectivity index (χ4v) is 2.36. The average Bonchev–Trinajstić information content (AvgIpc) is 2.38. The molecule has 112 valence electrons. The van der Waals surface area contributed by atoms with Gasteiger partial charge in [-0.25, -0.2) is 13.6 Å². The Hall–Kier alpha value is -1.40. The number of sulfonamides is 1. The van der Waals surface area contributed by atoms with E-state index in [0.717, 1.165) is 19.3 Å². The fourth-order valence-electron chi connectivity index (χ4n) is 1.84. The molecule has 1 amide bonds. The van der Waals surface area contributed by atoms with Crippen LogP contribution in [0.3, 0.4) is 0 Å². The van der Waals surface area contributed by atoms with Crippen molar-refractivity contribution in [3.8, 4) is 0 Å². The van der Waals surface area contributed by atoms with E-state index < -0.39 is 10.0 Å². The van der Waals surface area contributed by atoms with E-state index >= 15 is 0 Å². The number of anilines is 1. The van der Waals surface area contributed by atoms with Crippen LogP contribution in [-0.2, 0) is 14.8 Å². The highest BCUT2D eigenvalue weighted by atomic mass is 32.2. The van der Waals surface area contributed by atoms with Gasteiger partial charge < -0.3 is 5.32 Å². The highest BCUT2D eigenvalue weighted by Crippen LogP contribution is 2.13. The lowest BCUT2D eigenvalue weighted by atomic mass is 10.1. The van der Waals surface area contributed by atoms with Crippen LogP contribution in [-0.4, -0.2) is 14.3 Å². The van der Waals surface area contributed by atoms with Crippen LogP contribution in [0, 0.1) is 0 Å². The molecular formula is C14H22N2O3S. The van der Waals surface area contributed by atoms with Crippen LogP contribution in [0.25, 0.3) is 0 Å². The highest BCUT2D eigenvalue weighted by molar-refractivity contribution is 7.89. The molecule has 1 rings (SSSR count). The van der Waals surface area contributed by atoms with Gasteiger partial charge in [-0.1, -0.05) is 32.6 Å². The molecule has 1 aromatic rings. The largest absolute Gasteiger partial charge is 0.326 e. The molecule has 0 saturated carbocycles. The summed E-state index contributed by atoms with van der Waals surface area (Å²) in [6.45, 7) is 2.15. The summed E-state index contributed by atoms with van der Waals surface area (Å²) in [5.74, 6) is -0.0511. The van der Waals surface area contributed by atoms with Gasteiger partial charge in [0.25, 0.3) is 0 Å². The molecule has 0 aliphatic carbocycles. The van der Waals surface area contributed by atoms with Gasteiger partial charge in [0, 0.05) is 12.1 Å². The summed E-state index contributed by atoms with van der Waals surface area (Å²) < 4.78 is 22.2. The summed E-state index contributed by atoms with van der Waals surface area (Å²) in [5.41, 5.74) is 0.580. The molecule has 6 heteroatoms. The lowest BCUT2D eigenvalue weighted by Crippen LogP contribution is -2.13. The van der Waals surface area contributed by atoms with Crippen LogP contribution in [0.4, 0.5) is 5.69 Å². The molecule has 0 heterocycles. The summed E-state index contributed by atoms with van der Waals surface area (Å²) in [6.07, 6.45) is 5.97. The van der Waals surface area contributed by atoms with Crippen LogP contribution in [0.15, 0.2) is 29.2 Å². The van der Waals surface area contributed by atoms with Crippen molar-refractivity contribution < 1.29 is 13.2 Å². The molecule has 1 aromatic carbocycles. The Kier molecular flexibility index (Phi) is 6.67. The molecular weight excluding hydrogens is 276 g/mol. The van der Waals surface area contributed by atoms with Crippen molar-refractivity contribution >= 4 is 21.6 Å². The summed E-state index contributed by atoms with van der Waals surface area (Å²) >= 11 is 0. The number of hydrogen-bond donors (Lipinski definition) is 2. The van der Waals surface area contributed by atoms with Crippen molar-refractivity contribution in [3.05, 3.63) is 24.3 Å². The smallest absolute Gasteiger partial charge is 0.238 e. The first kappa shape index (κ1) is 16.7. The minimum Gasteiger partial charge on any atom is -0.326 e. The number of carbonyl (C=O) groups is 1. The predicted octanol–water partition coefficient (Wildman–Crippen LogP) is 2.63. The number of hydrogen-bond acceptors (Lipinski definition) is 3. The number of nitrogens with two attached hydrogens (primary N) is 1. The topological polar surface area (TPSA) is 89.3 Å². The Morgan fingerprint density at radius 1 is 1.10 bits per heavy atom. The molecule has 0 aromatic heterocycles. The number of primary sulfonamides is 1. The first-order valence-electron chi connectivity index (χ1n) is 6.86. The maximum absolute atomic E-state index is 11.7. The number of nitrogens with one attached hydrogen (secondary N) is 1. The predicted molar refractivity (Wildman–Crippen MR) is 79.8 cm³/mol. The van der Waals surface area contributed by atoms with Crippen molar-refractivity contribution in [2.24, 2.45) is 5.14 Å². The first-order valence-corrected chi connectivity index (χ1v) is 8.41. The Morgan fingerprint density at radius 2 is 1.70 bits per heavy atom. The molecule has 0 radical (unpaired) electrons. The molecule has 0 spiro atoms. The quantitative estimate of drug-likeness (QED) is 0.723. The van der Waals surface area contributed by atoms with Crippen molar-refractivity contribution in [1.82, 2.24) is 0 Å². The van der Waals surface area contributed by atoms with Gasteiger partial charge in [0.1, 0.15) is 0 Å².